The van der Waals surface area contributed by atoms with Crippen LogP contribution in [0.4, 0.5) is 10.5 Å². The summed E-state index contributed by atoms with van der Waals surface area (Å²) in [5, 5.41) is 34.2. The molecule has 2 aromatic rings. The smallest absolute Gasteiger partial charge is 0.319 e. The maximum absolute atomic E-state index is 12.1. The van der Waals surface area contributed by atoms with Gasteiger partial charge in [0.05, 0.1) is 29.7 Å². The van der Waals surface area contributed by atoms with E-state index in [1.807, 2.05) is 25.2 Å². The molecule has 2 heterocycles. The van der Waals surface area contributed by atoms with Gasteiger partial charge in [-0.05, 0) is 32.6 Å². The quantitative estimate of drug-likeness (QED) is 0.544. The molecule has 3 rings (SSSR count). The summed E-state index contributed by atoms with van der Waals surface area (Å²) in [7, 11) is 3.89. The van der Waals surface area contributed by atoms with Gasteiger partial charge in [-0.3, -0.25) is 9.67 Å². The van der Waals surface area contributed by atoms with Crippen LogP contribution in [0.5, 0.6) is 0 Å². The van der Waals surface area contributed by atoms with Crippen molar-refractivity contribution in [3.05, 3.63) is 36.4 Å². The zero-order valence-corrected chi connectivity index (χ0v) is 15.4. The van der Waals surface area contributed by atoms with Crippen molar-refractivity contribution < 1.29 is 15.0 Å². The SMILES string of the molecule is CN(C)Cc1cn(C[C@H]2C[C@@H](NC(=O)Nc3cccnc3)[C@H](O)[C@@H]2O)nn1. The number of carbonyl (C=O) groups is 1. The first-order valence-corrected chi connectivity index (χ1v) is 8.80. The van der Waals surface area contributed by atoms with Crippen molar-refractivity contribution in [3.63, 3.8) is 0 Å². The molecule has 0 bridgehead atoms. The summed E-state index contributed by atoms with van der Waals surface area (Å²) < 4.78 is 1.66. The Kier molecular flexibility index (Phi) is 5.99. The second kappa shape index (κ2) is 8.42. The number of nitrogens with zero attached hydrogens (tertiary/aromatic N) is 5. The maximum atomic E-state index is 12.1. The van der Waals surface area contributed by atoms with Crippen molar-refractivity contribution in [2.24, 2.45) is 5.92 Å². The molecule has 2 amide bonds. The molecule has 0 radical (unpaired) electrons. The molecule has 10 heteroatoms. The lowest BCUT2D eigenvalue weighted by Gasteiger charge is -2.18. The van der Waals surface area contributed by atoms with E-state index < -0.39 is 24.3 Å². The molecule has 1 saturated carbocycles. The van der Waals surface area contributed by atoms with E-state index in [9.17, 15) is 15.0 Å². The summed E-state index contributed by atoms with van der Waals surface area (Å²) in [5.41, 5.74) is 1.38. The maximum Gasteiger partial charge on any atom is 0.319 e. The highest BCUT2D eigenvalue weighted by atomic mass is 16.3. The second-order valence-electron chi connectivity index (χ2n) is 7.09. The Hall–Kier alpha value is -2.56. The number of urea groups is 1. The van der Waals surface area contributed by atoms with Crippen LogP contribution in [0.15, 0.2) is 30.7 Å². The van der Waals surface area contributed by atoms with Gasteiger partial charge in [0.2, 0.25) is 0 Å². The van der Waals surface area contributed by atoms with E-state index >= 15 is 0 Å². The lowest BCUT2D eigenvalue weighted by Crippen LogP contribution is -2.44. The van der Waals surface area contributed by atoms with E-state index in [1.165, 1.54) is 6.20 Å². The molecule has 146 valence electrons. The first-order valence-electron chi connectivity index (χ1n) is 8.80. The minimum Gasteiger partial charge on any atom is -0.390 e. The van der Waals surface area contributed by atoms with Crippen molar-refractivity contribution in [1.82, 2.24) is 30.2 Å². The first-order chi connectivity index (χ1) is 12.9. The topological polar surface area (TPSA) is 128 Å². The molecule has 0 unspecified atom stereocenters. The summed E-state index contributed by atoms with van der Waals surface area (Å²) >= 11 is 0. The van der Waals surface area contributed by atoms with Gasteiger partial charge in [0.15, 0.2) is 0 Å². The third-order valence-electron chi connectivity index (χ3n) is 4.52. The van der Waals surface area contributed by atoms with Gasteiger partial charge in [-0.2, -0.15) is 0 Å². The van der Waals surface area contributed by atoms with Gasteiger partial charge in [-0.15, -0.1) is 5.10 Å². The molecule has 0 aliphatic heterocycles. The van der Waals surface area contributed by atoms with Gasteiger partial charge in [0, 0.05) is 31.4 Å². The highest BCUT2D eigenvalue weighted by Crippen LogP contribution is 2.28. The number of carbonyl (C=O) groups excluding carboxylic acids is 1. The molecular weight excluding hydrogens is 350 g/mol. The summed E-state index contributed by atoms with van der Waals surface area (Å²) in [6.45, 7) is 1.09. The Morgan fingerprint density at radius 1 is 1.37 bits per heavy atom. The van der Waals surface area contributed by atoms with Crippen LogP contribution in [0.2, 0.25) is 0 Å². The lowest BCUT2D eigenvalue weighted by molar-refractivity contribution is 0.00878. The van der Waals surface area contributed by atoms with Gasteiger partial charge in [0.1, 0.15) is 6.10 Å². The van der Waals surface area contributed by atoms with Gasteiger partial charge in [0.25, 0.3) is 0 Å². The second-order valence-corrected chi connectivity index (χ2v) is 7.09. The number of rotatable bonds is 6. The number of hydrogen-bond donors (Lipinski definition) is 4. The van der Waals surface area contributed by atoms with Gasteiger partial charge in [-0.1, -0.05) is 5.21 Å². The van der Waals surface area contributed by atoms with Crippen LogP contribution in [-0.4, -0.2) is 73.5 Å². The number of amides is 2. The molecule has 0 aromatic carbocycles. The van der Waals surface area contributed by atoms with Crippen LogP contribution in [-0.2, 0) is 13.1 Å². The van der Waals surface area contributed by atoms with Crippen molar-refractivity contribution in [2.75, 3.05) is 19.4 Å². The Bertz CT molecular complexity index is 752. The average molecular weight is 375 g/mol. The number of anilines is 1. The monoisotopic (exact) mass is 375 g/mol. The fourth-order valence-corrected chi connectivity index (χ4v) is 3.29. The molecule has 0 saturated heterocycles. The van der Waals surface area contributed by atoms with E-state index in [-0.39, 0.29) is 5.92 Å². The molecule has 27 heavy (non-hydrogen) atoms. The van der Waals surface area contributed by atoms with Crippen LogP contribution < -0.4 is 10.6 Å². The van der Waals surface area contributed by atoms with E-state index in [1.54, 1.807) is 23.0 Å². The van der Waals surface area contributed by atoms with E-state index in [4.69, 9.17) is 0 Å². The fourth-order valence-electron chi connectivity index (χ4n) is 3.29. The molecule has 10 nitrogen and oxygen atoms in total. The Morgan fingerprint density at radius 2 is 2.19 bits per heavy atom. The standard InChI is InChI=1S/C17H25N7O3/c1-23(2)9-13-10-24(22-21-13)8-11-6-14(16(26)15(11)25)20-17(27)19-12-4-3-5-18-7-12/h3-5,7,10-11,14-16,25-26H,6,8-9H2,1-2H3,(H2,19,20,27)/t11-,14-,15-,16+/m1/s1. The minimum atomic E-state index is -1.04. The van der Waals surface area contributed by atoms with Crippen molar-refractivity contribution in [3.8, 4) is 0 Å². The van der Waals surface area contributed by atoms with Crippen LogP contribution in [0.25, 0.3) is 0 Å². The van der Waals surface area contributed by atoms with Gasteiger partial charge in [-0.25, -0.2) is 4.79 Å². The Morgan fingerprint density at radius 3 is 2.89 bits per heavy atom. The predicted molar refractivity (Wildman–Crippen MR) is 97.7 cm³/mol. The van der Waals surface area contributed by atoms with Crippen LogP contribution in [0.1, 0.15) is 12.1 Å². The van der Waals surface area contributed by atoms with Crippen molar-refractivity contribution >= 4 is 11.7 Å². The fraction of sp³-hybridized carbons (Fsp3) is 0.529. The predicted octanol–water partition coefficient (Wildman–Crippen LogP) is -0.333. The summed E-state index contributed by atoms with van der Waals surface area (Å²) in [6, 6.07) is 2.42. The van der Waals surface area contributed by atoms with Gasteiger partial charge >= 0.3 is 6.03 Å². The Labute approximate surface area is 157 Å². The largest absolute Gasteiger partial charge is 0.390 e. The normalized spacial score (nSPS) is 24.9. The molecular formula is C17H25N7O3. The Balaban J connectivity index is 1.55. The van der Waals surface area contributed by atoms with Crippen LogP contribution in [0.3, 0.4) is 0 Å². The minimum absolute atomic E-state index is 0.238. The zero-order valence-electron chi connectivity index (χ0n) is 15.4. The average Bonchev–Trinajstić information content (AvgIpc) is 3.15. The summed E-state index contributed by atoms with van der Waals surface area (Å²) in [5.74, 6) is -0.238. The molecule has 1 fully saturated rings. The summed E-state index contributed by atoms with van der Waals surface area (Å²) in [6.07, 6.45) is 3.41. The molecule has 2 aromatic heterocycles. The number of aliphatic hydroxyl groups excluding tert-OH is 2. The van der Waals surface area contributed by atoms with E-state index in [0.717, 1.165) is 5.69 Å². The highest BCUT2D eigenvalue weighted by molar-refractivity contribution is 5.89. The summed E-state index contributed by atoms with van der Waals surface area (Å²) in [4.78, 5) is 18.0. The van der Waals surface area contributed by atoms with Crippen molar-refractivity contribution in [2.45, 2.75) is 37.8 Å². The number of aliphatic hydroxyl groups is 2. The number of nitrogens with one attached hydrogen (secondary N) is 2. The third-order valence-corrected chi connectivity index (χ3v) is 4.52. The molecule has 4 N–H and O–H groups in total. The van der Waals surface area contributed by atoms with Crippen LogP contribution >= 0.6 is 0 Å². The van der Waals surface area contributed by atoms with Crippen LogP contribution in [0, 0.1) is 5.92 Å². The van der Waals surface area contributed by atoms with Gasteiger partial charge < -0.3 is 25.7 Å². The molecule has 4 atom stereocenters. The molecule has 1 aliphatic rings. The first kappa shape index (κ1) is 19.2. The van der Waals surface area contributed by atoms with Crippen molar-refractivity contribution in [1.29, 1.82) is 0 Å². The lowest BCUT2D eigenvalue weighted by atomic mass is 10.1. The number of aromatic nitrogens is 4. The highest BCUT2D eigenvalue weighted by Gasteiger charge is 2.42. The zero-order chi connectivity index (χ0) is 19.4. The number of pyridine rings is 1. The van der Waals surface area contributed by atoms with E-state index in [2.05, 4.69) is 25.9 Å². The van der Waals surface area contributed by atoms with E-state index in [0.29, 0.717) is 25.2 Å². The molecule has 1 aliphatic carbocycles. The molecule has 0 spiro atoms. The number of hydrogen-bond acceptors (Lipinski definition) is 7. The third kappa shape index (κ3) is 5.00.